The van der Waals surface area contributed by atoms with E-state index in [9.17, 15) is 8.42 Å². The fraction of sp³-hybridized carbons (Fsp3) is 0.357. The third-order valence-corrected chi connectivity index (χ3v) is 5.01. The summed E-state index contributed by atoms with van der Waals surface area (Å²) in [4.78, 5) is 4.27. The van der Waals surface area contributed by atoms with Crippen LogP contribution in [0.25, 0.3) is 10.8 Å². The smallest absolute Gasteiger partial charge is 0.215 e. The van der Waals surface area contributed by atoms with Crippen LogP contribution < -0.4 is 10.1 Å². The number of pyridine rings is 1. The van der Waals surface area contributed by atoms with Gasteiger partial charge in [0.1, 0.15) is 11.6 Å². The van der Waals surface area contributed by atoms with Crippen LogP contribution in [0.3, 0.4) is 0 Å². The summed E-state index contributed by atoms with van der Waals surface area (Å²) in [5.41, 5.74) is 0. The lowest BCUT2D eigenvalue weighted by atomic mass is 10.1. The monoisotopic (exact) mass is 309 g/mol. The molecule has 21 heavy (non-hydrogen) atoms. The molecular weight excluding hydrogens is 290 g/mol. The number of ether oxygens (including phenoxy) is 1. The number of rotatable bonds is 6. The number of hydrogen-bond acceptors (Lipinski definition) is 5. The molecule has 0 saturated carbocycles. The first kappa shape index (κ1) is 15.5. The predicted octanol–water partition coefficient (Wildman–Crippen LogP) is 1.55. The fourth-order valence-corrected chi connectivity index (χ4v) is 2.62. The summed E-state index contributed by atoms with van der Waals surface area (Å²) in [6.45, 7) is 0.295. The van der Waals surface area contributed by atoms with Gasteiger partial charge in [0.25, 0.3) is 0 Å². The van der Waals surface area contributed by atoms with Crippen molar-refractivity contribution in [3.63, 3.8) is 0 Å². The summed E-state index contributed by atoms with van der Waals surface area (Å²) in [7, 11) is 1.44. The molecule has 0 amide bonds. The van der Waals surface area contributed by atoms with Gasteiger partial charge in [-0.2, -0.15) is 0 Å². The molecule has 1 N–H and O–H groups in total. The molecule has 2 rings (SSSR count). The van der Waals surface area contributed by atoms with Crippen LogP contribution in [0.15, 0.2) is 30.5 Å². The zero-order valence-electron chi connectivity index (χ0n) is 12.3. The molecule has 0 aliphatic heterocycles. The van der Waals surface area contributed by atoms with Crippen molar-refractivity contribution in [1.82, 2.24) is 9.29 Å². The quantitative estimate of drug-likeness (QED) is 0.876. The molecule has 0 unspecified atom stereocenters. The van der Waals surface area contributed by atoms with E-state index in [2.05, 4.69) is 10.3 Å². The fourth-order valence-electron chi connectivity index (χ4n) is 1.90. The van der Waals surface area contributed by atoms with Crippen LogP contribution >= 0.6 is 0 Å². The molecule has 0 bridgehead atoms. The van der Waals surface area contributed by atoms with Crippen LogP contribution in [-0.4, -0.2) is 51.2 Å². The third kappa shape index (κ3) is 3.62. The highest BCUT2D eigenvalue weighted by molar-refractivity contribution is 7.89. The average Bonchev–Trinajstić information content (AvgIpc) is 2.46. The molecule has 0 atom stereocenters. The van der Waals surface area contributed by atoms with E-state index in [-0.39, 0.29) is 5.75 Å². The maximum atomic E-state index is 11.7. The number of fused-ring (bicyclic) bond motifs is 1. The molecule has 0 radical (unpaired) electrons. The topological polar surface area (TPSA) is 71.5 Å². The number of nitrogens with zero attached hydrogens (tertiary/aromatic N) is 2. The van der Waals surface area contributed by atoms with Gasteiger partial charge in [-0.3, -0.25) is 0 Å². The number of methoxy groups -OCH3 is 1. The first-order valence-corrected chi connectivity index (χ1v) is 8.12. The summed E-state index contributed by atoms with van der Waals surface area (Å²) < 4.78 is 29.9. The highest BCUT2D eigenvalue weighted by atomic mass is 32.2. The van der Waals surface area contributed by atoms with E-state index >= 15 is 0 Å². The molecule has 1 aromatic carbocycles. The maximum Gasteiger partial charge on any atom is 0.215 e. The van der Waals surface area contributed by atoms with Crippen LogP contribution in [0.5, 0.6) is 5.75 Å². The lowest BCUT2D eigenvalue weighted by molar-refractivity contribution is 0.415. The highest BCUT2D eigenvalue weighted by Crippen LogP contribution is 2.25. The van der Waals surface area contributed by atoms with Crippen molar-refractivity contribution in [2.75, 3.05) is 38.8 Å². The van der Waals surface area contributed by atoms with Crippen LogP contribution in [0.4, 0.5) is 5.82 Å². The Balaban J connectivity index is 2.19. The molecule has 1 aromatic heterocycles. The zero-order valence-corrected chi connectivity index (χ0v) is 13.1. The van der Waals surface area contributed by atoms with Gasteiger partial charge >= 0.3 is 0 Å². The van der Waals surface area contributed by atoms with Gasteiger partial charge in [-0.05, 0) is 23.6 Å². The minimum atomic E-state index is -3.22. The van der Waals surface area contributed by atoms with Crippen molar-refractivity contribution < 1.29 is 13.2 Å². The summed E-state index contributed by atoms with van der Waals surface area (Å²) in [6, 6.07) is 7.60. The van der Waals surface area contributed by atoms with Gasteiger partial charge in [-0.1, -0.05) is 6.07 Å². The first-order chi connectivity index (χ1) is 9.94. The van der Waals surface area contributed by atoms with E-state index in [4.69, 9.17) is 4.74 Å². The average molecular weight is 309 g/mol. The summed E-state index contributed by atoms with van der Waals surface area (Å²) in [5.74, 6) is 1.40. The van der Waals surface area contributed by atoms with Gasteiger partial charge in [0, 0.05) is 32.2 Å². The lowest BCUT2D eigenvalue weighted by Gasteiger charge is -2.13. The number of sulfonamides is 1. The number of aromatic nitrogens is 1. The Morgan fingerprint density at radius 3 is 2.71 bits per heavy atom. The number of anilines is 1. The molecule has 0 fully saturated rings. The molecule has 1 heterocycles. The Labute approximate surface area is 124 Å². The van der Waals surface area contributed by atoms with Crippen molar-refractivity contribution >= 4 is 26.6 Å². The third-order valence-electron chi connectivity index (χ3n) is 3.18. The van der Waals surface area contributed by atoms with Gasteiger partial charge in [-0.25, -0.2) is 17.7 Å². The molecule has 6 nitrogen and oxygen atoms in total. The second-order valence-corrected chi connectivity index (χ2v) is 7.07. The summed E-state index contributed by atoms with van der Waals surface area (Å²) in [6.07, 6.45) is 1.69. The maximum absolute atomic E-state index is 11.7. The van der Waals surface area contributed by atoms with Crippen molar-refractivity contribution in [3.8, 4) is 5.75 Å². The van der Waals surface area contributed by atoms with Crippen molar-refractivity contribution in [2.24, 2.45) is 0 Å². The van der Waals surface area contributed by atoms with E-state index in [1.807, 2.05) is 24.3 Å². The molecular formula is C14H19N3O3S. The predicted molar refractivity (Wildman–Crippen MR) is 84.3 cm³/mol. The van der Waals surface area contributed by atoms with Gasteiger partial charge in [0.05, 0.1) is 12.9 Å². The SMILES string of the molecule is COc1ccc2ccnc(NCCS(=O)(=O)N(C)C)c2c1. The van der Waals surface area contributed by atoms with E-state index in [0.29, 0.717) is 12.4 Å². The molecule has 2 aromatic rings. The van der Waals surface area contributed by atoms with Gasteiger partial charge in [-0.15, -0.1) is 0 Å². The molecule has 0 saturated heterocycles. The molecule has 7 heteroatoms. The Morgan fingerprint density at radius 2 is 2.05 bits per heavy atom. The van der Waals surface area contributed by atoms with Crippen molar-refractivity contribution in [3.05, 3.63) is 30.5 Å². The van der Waals surface area contributed by atoms with Crippen LogP contribution in [0.2, 0.25) is 0 Å². The van der Waals surface area contributed by atoms with Crippen LogP contribution in [-0.2, 0) is 10.0 Å². The number of nitrogens with one attached hydrogen (secondary N) is 1. The minimum Gasteiger partial charge on any atom is -0.497 e. The van der Waals surface area contributed by atoms with Gasteiger partial charge in [0.15, 0.2) is 0 Å². The zero-order chi connectivity index (χ0) is 15.5. The Morgan fingerprint density at radius 1 is 1.29 bits per heavy atom. The normalized spacial score (nSPS) is 11.8. The molecule has 0 aliphatic rings. The van der Waals surface area contributed by atoms with Gasteiger partial charge < -0.3 is 10.1 Å². The number of hydrogen-bond donors (Lipinski definition) is 1. The van der Waals surface area contributed by atoms with Crippen LogP contribution in [0.1, 0.15) is 0 Å². The summed E-state index contributed by atoms with van der Waals surface area (Å²) in [5, 5.41) is 5.00. The van der Waals surface area contributed by atoms with Crippen molar-refractivity contribution in [2.45, 2.75) is 0 Å². The second-order valence-electron chi connectivity index (χ2n) is 4.77. The Bertz CT molecular complexity index is 729. The second kappa shape index (κ2) is 6.28. The minimum absolute atomic E-state index is 0.0159. The summed E-state index contributed by atoms with van der Waals surface area (Å²) >= 11 is 0. The number of benzene rings is 1. The largest absolute Gasteiger partial charge is 0.497 e. The standard InChI is InChI=1S/C14H19N3O3S/c1-17(2)21(18,19)9-8-16-14-13-10-12(20-3)5-4-11(13)6-7-15-14/h4-7,10H,8-9H2,1-3H3,(H,15,16). The van der Waals surface area contributed by atoms with E-state index in [0.717, 1.165) is 16.5 Å². The lowest BCUT2D eigenvalue weighted by Crippen LogP contribution is -2.28. The Kier molecular flexibility index (Phi) is 4.64. The molecule has 0 spiro atoms. The van der Waals surface area contributed by atoms with Crippen LogP contribution in [0, 0.1) is 0 Å². The Hall–Kier alpha value is -1.86. The highest BCUT2D eigenvalue weighted by Gasteiger charge is 2.13. The molecule has 0 aliphatic carbocycles. The first-order valence-electron chi connectivity index (χ1n) is 6.51. The van der Waals surface area contributed by atoms with E-state index < -0.39 is 10.0 Å². The van der Waals surface area contributed by atoms with Crippen molar-refractivity contribution in [1.29, 1.82) is 0 Å². The van der Waals surface area contributed by atoms with E-state index in [1.165, 1.54) is 18.4 Å². The van der Waals surface area contributed by atoms with Gasteiger partial charge in [0.2, 0.25) is 10.0 Å². The molecule has 114 valence electrons. The van der Waals surface area contributed by atoms with E-state index in [1.54, 1.807) is 13.3 Å².